The van der Waals surface area contributed by atoms with E-state index in [1.165, 1.54) is 24.3 Å². The molecule has 0 unspecified atom stereocenters. The summed E-state index contributed by atoms with van der Waals surface area (Å²) in [5, 5.41) is 14.4. The molecule has 128 valence electrons. The van der Waals surface area contributed by atoms with Gasteiger partial charge in [0.15, 0.2) is 0 Å². The summed E-state index contributed by atoms with van der Waals surface area (Å²) in [6.07, 6.45) is 0. The highest BCUT2D eigenvalue weighted by molar-refractivity contribution is 6.00. The number of anilines is 2. The van der Waals surface area contributed by atoms with Crippen molar-refractivity contribution in [3.63, 3.8) is 0 Å². The second-order valence-electron chi connectivity index (χ2n) is 5.79. The third-order valence-corrected chi connectivity index (χ3v) is 4.09. The van der Waals surface area contributed by atoms with E-state index in [0.717, 1.165) is 5.69 Å². The van der Waals surface area contributed by atoms with Gasteiger partial charge >= 0.3 is 5.63 Å². The Hall–Kier alpha value is -3.60. The van der Waals surface area contributed by atoms with Gasteiger partial charge in [-0.1, -0.05) is 36.4 Å². The Bertz CT molecular complexity index is 1140. The summed E-state index contributed by atoms with van der Waals surface area (Å²) < 4.78 is 18.6. The quantitative estimate of drug-likeness (QED) is 0.509. The van der Waals surface area contributed by atoms with Crippen LogP contribution in [0.25, 0.3) is 22.1 Å². The first-order valence-corrected chi connectivity index (χ1v) is 8.00. The topological polar surface area (TPSA) is 62.5 Å². The summed E-state index contributed by atoms with van der Waals surface area (Å²) in [6, 6.07) is 19.9. The standard InChI is InChI=1S/C21H14FNO3/c22-14-11-9-13(10-12-14)18-20(24)19-16(23-15-5-2-1-3-6-15)7-4-8-17(19)26-21(18)25/h1-12,23-24H. The maximum Gasteiger partial charge on any atom is 0.347 e. The van der Waals surface area contributed by atoms with E-state index in [9.17, 15) is 14.3 Å². The van der Waals surface area contributed by atoms with Crippen LogP contribution in [-0.2, 0) is 0 Å². The van der Waals surface area contributed by atoms with Gasteiger partial charge in [-0.05, 0) is 42.0 Å². The van der Waals surface area contributed by atoms with E-state index in [2.05, 4.69) is 5.32 Å². The molecule has 0 saturated heterocycles. The molecule has 4 aromatic rings. The first kappa shape index (κ1) is 15.9. The van der Waals surface area contributed by atoms with Crippen LogP contribution in [0.5, 0.6) is 5.75 Å². The number of fused-ring (bicyclic) bond motifs is 1. The SMILES string of the molecule is O=c1oc2cccc(Nc3ccccc3)c2c(O)c1-c1ccc(F)cc1. The van der Waals surface area contributed by atoms with Gasteiger partial charge in [-0.15, -0.1) is 0 Å². The lowest BCUT2D eigenvalue weighted by Crippen LogP contribution is -2.04. The second kappa shape index (κ2) is 6.37. The lowest BCUT2D eigenvalue weighted by Gasteiger charge is -2.12. The average molecular weight is 347 g/mol. The highest BCUT2D eigenvalue weighted by Crippen LogP contribution is 2.38. The van der Waals surface area contributed by atoms with Gasteiger partial charge in [0.1, 0.15) is 22.7 Å². The Kier molecular flexibility index (Phi) is 3.89. The summed E-state index contributed by atoms with van der Waals surface area (Å²) in [4.78, 5) is 12.4. The number of hydrogen-bond donors (Lipinski definition) is 2. The van der Waals surface area contributed by atoms with E-state index in [1.807, 2.05) is 30.3 Å². The number of para-hydroxylation sites is 1. The predicted molar refractivity (Wildman–Crippen MR) is 99.3 cm³/mol. The zero-order valence-corrected chi connectivity index (χ0v) is 13.6. The number of halogens is 1. The van der Waals surface area contributed by atoms with E-state index in [0.29, 0.717) is 16.6 Å². The molecule has 0 fully saturated rings. The molecule has 0 atom stereocenters. The Morgan fingerprint density at radius 1 is 0.885 bits per heavy atom. The molecular weight excluding hydrogens is 333 g/mol. The van der Waals surface area contributed by atoms with Gasteiger partial charge in [0, 0.05) is 5.69 Å². The predicted octanol–water partition coefficient (Wildman–Crippen LogP) is 5.05. The molecule has 5 heteroatoms. The van der Waals surface area contributed by atoms with Gasteiger partial charge < -0.3 is 14.8 Å². The molecule has 26 heavy (non-hydrogen) atoms. The highest BCUT2D eigenvalue weighted by Gasteiger charge is 2.18. The molecule has 3 aromatic carbocycles. The van der Waals surface area contributed by atoms with Crippen LogP contribution in [-0.4, -0.2) is 5.11 Å². The molecule has 0 radical (unpaired) electrons. The van der Waals surface area contributed by atoms with Gasteiger partial charge in [-0.25, -0.2) is 9.18 Å². The van der Waals surface area contributed by atoms with Crippen LogP contribution in [0.1, 0.15) is 0 Å². The fourth-order valence-corrected chi connectivity index (χ4v) is 2.89. The van der Waals surface area contributed by atoms with Gasteiger partial charge in [0.25, 0.3) is 0 Å². The summed E-state index contributed by atoms with van der Waals surface area (Å²) in [7, 11) is 0. The van der Waals surface area contributed by atoms with Crippen molar-refractivity contribution >= 4 is 22.3 Å². The van der Waals surface area contributed by atoms with Crippen molar-refractivity contribution in [3.05, 3.63) is 89.0 Å². The van der Waals surface area contributed by atoms with Crippen molar-refractivity contribution in [1.29, 1.82) is 0 Å². The minimum atomic E-state index is -0.682. The molecule has 0 aliphatic rings. The van der Waals surface area contributed by atoms with Crippen molar-refractivity contribution in [1.82, 2.24) is 0 Å². The third kappa shape index (κ3) is 2.80. The Morgan fingerprint density at radius 3 is 2.35 bits per heavy atom. The monoisotopic (exact) mass is 347 g/mol. The normalized spacial score (nSPS) is 10.8. The molecule has 0 aliphatic carbocycles. The Morgan fingerprint density at radius 2 is 1.62 bits per heavy atom. The van der Waals surface area contributed by atoms with Crippen LogP contribution in [0.15, 0.2) is 82.0 Å². The first-order valence-electron chi connectivity index (χ1n) is 8.00. The largest absolute Gasteiger partial charge is 0.506 e. The molecule has 0 amide bonds. The fourth-order valence-electron chi connectivity index (χ4n) is 2.89. The van der Waals surface area contributed by atoms with Crippen molar-refractivity contribution in [2.24, 2.45) is 0 Å². The molecule has 1 heterocycles. The van der Waals surface area contributed by atoms with Crippen molar-refractivity contribution in [3.8, 4) is 16.9 Å². The van der Waals surface area contributed by atoms with Gasteiger partial charge in [-0.2, -0.15) is 0 Å². The first-order chi connectivity index (χ1) is 12.6. The Labute approximate surface area is 148 Å². The smallest absolute Gasteiger partial charge is 0.347 e. The molecule has 4 rings (SSSR count). The number of aromatic hydroxyl groups is 1. The highest BCUT2D eigenvalue weighted by atomic mass is 19.1. The molecule has 1 aromatic heterocycles. The van der Waals surface area contributed by atoms with Crippen LogP contribution in [0.3, 0.4) is 0 Å². The second-order valence-corrected chi connectivity index (χ2v) is 5.79. The van der Waals surface area contributed by atoms with Crippen molar-refractivity contribution in [2.45, 2.75) is 0 Å². The van der Waals surface area contributed by atoms with Crippen LogP contribution in [0.2, 0.25) is 0 Å². The van der Waals surface area contributed by atoms with Crippen LogP contribution < -0.4 is 10.9 Å². The molecule has 0 aliphatic heterocycles. The van der Waals surface area contributed by atoms with Crippen LogP contribution >= 0.6 is 0 Å². The summed E-state index contributed by atoms with van der Waals surface area (Å²) >= 11 is 0. The van der Waals surface area contributed by atoms with Crippen molar-refractivity contribution in [2.75, 3.05) is 5.32 Å². The van der Waals surface area contributed by atoms with E-state index in [1.54, 1.807) is 18.2 Å². The van der Waals surface area contributed by atoms with E-state index in [4.69, 9.17) is 4.42 Å². The number of nitrogens with one attached hydrogen (secondary N) is 1. The lowest BCUT2D eigenvalue weighted by atomic mass is 10.0. The molecule has 2 N–H and O–H groups in total. The lowest BCUT2D eigenvalue weighted by molar-refractivity contribution is 0.471. The Balaban J connectivity index is 1.94. The van der Waals surface area contributed by atoms with Crippen LogP contribution in [0, 0.1) is 5.82 Å². The summed E-state index contributed by atoms with van der Waals surface area (Å²) in [6.45, 7) is 0. The van der Waals surface area contributed by atoms with E-state index < -0.39 is 11.4 Å². The maximum atomic E-state index is 13.2. The zero-order chi connectivity index (χ0) is 18.1. The number of benzene rings is 3. The third-order valence-electron chi connectivity index (χ3n) is 4.09. The van der Waals surface area contributed by atoms with Crippen molar-refractivity contribution < 1.29 is 13.9 Å². The zero-order valence-electron chi connectivity index (χ0n) is 13.6. The van der Waals surface area contributed by atoms with E-state index in [-0.39, 0.29) is 16.9 Å². The molecule has 4 nitrogen and oxygen atoms in total. The van der Waals surface area contributed by atoms with Gasteiger partial charge in [0.2, 0.25) is 0 Å². The number of hydrogen-bond acceptors (Lipinski definition) is 4. The average Bonchev–Trinajstić information content (AvgIpc) is 2.64. The minimum absolute atomic E-state index is 0.000174. The molecular formula is C21H14FNO3. The summed E-state index contributed by atoms with van der Waals surface area (Å²) in [5.74, 6) is -0.633. The van der Waals surface area contributed by atoms with Gasteiger partial charge in [-0.3, -0.25) is 0 Å². The fraction of sp³-hybridized carbons (Fsp3) is 0. The number of rotatable bonds is 3. The van der Waals surface area contributed by atoms with Crippen LogP contribution in [0.4, 0.5) is 15.8 Å². The minimum Gasteiger partial charge on any atom is -0.506 e. The summed E-state index contributed by atoms with van der Waals surface area (Å²) in [5.41, 5.74) is 1.39. The van der Waals surface area contributed by atoms with Gasteiger partial charge in [0.05, 0.1) is 11.1 Å². The molecule has 0 saturated carbocycles. The van der Waals surface area contributed by atoms with E-state index >= 15 is 0 Å². The molecule has 0 spiro atoms. The molecule has 0 bridgehead atoms. The maximum absolute atomic E-state index is 13.2.